The molecular formula is C30H32ClN3O3. The van der Waals surface area contributed by atoms with Crippen LogP contribution in [0.1, 0.15) is 62.3 Å². The van der Waals surface area contributed by atoms with Crippen molar-refractivity contribution in [2.24, 2.45) is 0 Å². The van der Waals surface area contributed by atoms with Crippen LogP contribution in [0.4, 0.5) is 0 Å². The molecule has 0 aliphatic rings. The van der Waals surface area contributed by atoms with E-state index in [1.54, 1.807) is 39.8 Å². The topological polar surface area (TPSA) is 64.4 Å². The first kappa shape index (κ1) is 26.4. The number of hydrogen-bond donors (Lipinski definition) is 0. The van der Waals surface area contributed by atoms with Crippen molar-refractivity contribution in [1.29, 1.82) is 0 Å². The number of carbonyl (C=O) groups is 1. The summed E-state index contributed by atoms with van der Waals surface area (Å²) in [4.78, 5) is 34.4. The van der Waals surface area contributed by atoms with Crippen LogP contribution in [0.2, 0.25) is 5.02 Å². The third-order valence-corrected chi connectivity index (χ3v) is 6.66. The fraction of sp³-hybridized carbons (Fsp3) is 0.300. The molecule has 1 atom stereocenters. The molecule has 1 unspecified atom stereocenters. The second kappa shape index (κ2) is 12.1. The molecule has 7 heteroatoms. The zero-order valence-electron chi connectivity index (χ0n) is 21.5. The van der Waals surface area contributed by atoms with Crippen molar-refractivity contribution in [2.45, 2.75) is 46.1 Å². The van der Waals surface area contributed by atoms with Crippen molar-refractivity contribution >= 4 is 28.4 Å². The molecule has 0 bridgehead atoms. The zero-order valence-corrected chi connectivity index (χ0v) is 22.2. The Labute approximate surface area is 222 Å². The summed E-state index contributed by atoms with van der Waals surface area (Å²) in [6, 6.07) is 21.1. The quantitative estimate of drug-likeness (QED) is 0.216. The van der Waals surface area contributed by atoms with Crippen molar-refractivity contribution in [3.05, 3.63) is 99.6 Å². The Morgan fingerprint density at radius 2 is 1.70 bits per heavy atom. The number of nitrogens with zero attached hydrogens (tertiary/aromatic N) is 3. The van der Waals surface area contributed by atoms with Gasteiger partial charge in [-0.1, -0.05) is 55.6 Å². The number of para-hydroxylation sites is 3. The molecular weight excluding hydrogens is 486 g/mol. The summed E-state index contributed by atoms with van der Waals surface area (Å²) in [7, 11) is 0. The minimum atomic E-state index is -0.493. The van der Waals surface area contributed by atoms with E-state index in [2.05, 4.69) is 6.92 Å². The van der Waals surface area contributed by atoms with Gasteiger partial charge in [0, 0.05) is 17.1 Å². The lowest BCUT2D eigenvalue weighted by Gasteiger charge is -2.31. The Bertz CT molecular complexity index is 1430. The van der Waals surface area contributed by atoms with E-state index in [4.69, 9.17) is 21.3 Å². The smallest absolute Gasteiger partial charge is 0.266 e. The predicted molar refractivity (Wildman–Crippen MR) is 149 cm³/mol. The van der Waals surface area contributed by atoms with E-state index < -0.39 is 6.04 Å². The predicted octanol–water partition coefficient (Wildman–Crippen LogP) is 6.83. The second-order valence-electron chi connectivity index (χ2n) is 8.92. The summed E-state index contributed by atoms with van der Waals surface area (Å²) in [6.45, 7) is 6.95. The van der Waals surface area contributed by atoms with Crippen LogP contribution in [0.3, 0.4) is 0 Å². The minimum absolute atomic E-state index is 0.132. The molecule has 0 radical (unpaired) electrons. The lowest BCUT2D eigenvalue weighted by Crippen LogP contribution is -2.38. The summed E-state index contributed by atoms with van der Waals surface area (Å²) < 4.78 is 7.48. The van der Waals surface area contributed by atoms with E-state index in [1.807, 2.05) is 56.3 Å². The molecule has 0 aliphatic heterocycles. The molecule has 6 nitrogen and oxygen atoms in total. The summed E-state index contributed by atoms with van der Waals surface area (Å²) >= 11 is 6.07. The molecule has 192 valence electrons. The average Bonchev–Trinajstić information content (AvgIpc) is 2.91. The van der Waals surface area contributed by atoms with E-state index in [9.17, 15) is 9.59 Å². The summed E-state index contributed by atoms with van der Waals surface area (Å²) in [6.07, 6.45) is 2.85. The minimum Gasteiger partial charge on any atom is -0.492 e. The van der Waals surface area contributed by atoms with Crippen LogP contribution in [-0.4, -0.2) is 33.5 Å². The van der Waals surface area contributed by atoms with Crippen LogP contribution in [0.5, 0.6) is 5.75 Å². The average molecular weight is 518 g/mol. The lowest BCUT2D eigenvalue weighted by molar-refractivity contribution is 0.0677. The Hall–Kier alpha value is -3.64. The molecule has 4 aromatic rings. The molecule has 0 saturated heterocycles. The molecule has 1 heterocycles. The first-order valence-electron chi connectivity index (χ1n) is 12.8. The zero-order chi connectivity index (χ0) is 26.4. The van der Waals surface area contributed by atoms with E-state index >= 15 is 0 Å². The van der Waals surface area contributed by atoms with Crippen LogP contribution >= 0.6 is 11.6 Å². The van der Waals surface area contributed by atoms with Crippen molar-refractivity contribution in [3.8, 4) is 11.4 Å². The SMILES string of the molecule is CCCCCN(C(=O)c1ccc(Cl)cc1)C(C)c1nc2ccccc2c(=O)n1-c1ccccc1OCC. The number of carbonyl (C=O) groups excluding carboxylic acids is 1. The fourth-order valence-corrected chi connectivity index (χ4v) is 4.61. The van der Waals surface area contributed by atoms with Gasteiger partial charge in [-0.2, -0.15) is 0 Å². The second-order valence-corrected chi connectivity index (χ2v) is 9.35. The number of hydrogen-bond acceptors (Lipinski definition) is 4. The van der Waals surface area contributed by atoms with Crippen LogP contribution in [0, 0.1) is 0 Å². The van der Waals surface area contributed by atoms with Gasteiger partial charge in [-0.25, -0.2) is 4.98 Å². The molecule has 0 spiro atoms. The number of amides is 1. The van der Waals surface area contributed by atoms with Crippen molar-refractivity contribution in [2.75, 3.05) is 13.2 Å². The highest BCUT2D eigenvalue weighted by Gasteiger charge is 2.28. The number of ether oxygens (including phenoxy) is 1. The normalized spacial score (nSPS) is 11.9. The van der Waals surface area contributed by atoms with Crippen molar-refractivity contribution in [1.82, 2.24) is 14.5 Å². The Kier molecular flexibility index (Phi) is 8.62. The maximum Gasteiger partial charge on any atom is 0.266 e. The maximum atomic E-state index is 13.9. The Morgan fingerprint density at radius 1 is 1.00 bits per heavy atom. The van der Waals surface area contributed by atoms with Gasteiger partial charge in [-0.15, -0.1) is 0 Å². The monoisotopic (exact) mass is 517 g/mol. The molecule has 0 aliphatic carbocycles. The van der Waals surface area contributed by atoms with Crippen LogP contribution in [-0.2, 0) is 0 Å². The number of rotatable bonds is 10. The van der Waals surface area contributed by atoms with E-state index in [0.717, 1.165) is 19.3 Å². The Morgan fingerprint density at radius 3 is 2.43 bits per heavy atom. The number of aromatic nitrogens is 2. The van der Waals surface area contributed by atoms with Gasteiger partial charge >= 0.3 is 0 Å². The highest BCUT2D eigenvalue weighted by molar-refractivity contribution is 6.30. The molecule has 0 saturated carbocycles. The largest absolute Gasteiger partial charge is 0.492 e. The highest BCUT2D eigenvalue weighted by Crippen LogP contribution is 2.29. The van der Waals surface area contributed by atoms with E-state index in [0.29, 0.717) is 51.9 Å². The van der Waals surface area contributed by atoms with Crippen LogP contribution in [0.25, 0.3) is 16.6 Å². The third-order valence-electron chi connectivity index (χ3n) is 6.40. The molecule has 0 fully saturated rings. The molecule has 1 amide bonds. The third kappa shape index (κ3) is 5.70. The van der Waals surface area contributed by atoms with Gasteiger partial charge in [0.05, 0.1) is 29.2 Å². The summed E-state index contributed by atoms with van der Waals surface area (Å²) in [5, 5.41) is 1.08. The molecule has 3 aromatic carbocycles. The summed E-state index contributed by atoms with van der Waals surface area (Å²) in [5.41, 5.74) is 1.53. The van der Waals surface area contributed by atoms with Crippen LogP contribution in [0.15, 0.2) is 77.6 Å². The molecule has 0 N–H and O–H groups in total. The van der Waals surface area contributed by atoms with Gasteiger partial charge < -0.3 is 9.64 Å². The summed E-state index contributed by atoms with van der Waals surface area (Å²) in [5.74, 6) is 0.932. The molecule has 4 rings (SSSR count). The van der Waals surface area contributed by atoms with Crippen LogP contribution < -0.4 is 10.3 Å². The van der Waals surface area contributed by atoms with Gasteiger partial charge in [-0.05, 0) is 68.8 Å². The lowest BCUT2D eigenvalue weighted by atomic mass is 10.1. The molecule has 1 aromatic heterocycles. The van der Waals surface area contributed by atoms with E-state index in [-0.39, 0.29) is 11.5 Å². The maximum absolute atomic E-state index is 13.9. The first-order chi connectivity index (χ1) is 18.0. The number of halogens is 1. The standard InChI is InChI=1S/C30H32ClN3O3/c1-4-6-11-20-33(29(35)22-16-18-23(31)19-17-22)21(3)28-32-25-13-8-7-12-24(25)30(36)34(28)26-14-9-10-15-27(26)37-5-2/h7-10,12-19,21H,4-6,11,20H2,1-3H3. The van der Waals surface area contributed by atoms with E-state index in [1.165, 1.54) is 0 Å². The van der Waals surface area contributed by atoms with Gasteiger partial charge in [-0.3, -0.25) is 14.2 Å². The van der Waals surface area contributed by atoms with Gasteiger partial charge in [0.1, 0.15) is 11.6 Å². The van der Waals surface area contributed by atoms with Gasteiger partial charge in [0.15, 0.2) is 0 Å². The molecule has 37 heavy (non-hydrogen) atoms. The number of fused-ring (bicyclic) bond motifs is 1. The van der Waals surface area contributed by atoms with Crippen molar-refractivity contribution < 1.29 is 9.53 Å². The van der Waals surface area contributed by atoms with Crippen molar-refractivity contribution in [3.63, 3.8) is 0 Å². The van der Waals surface area contributed by atoms with Gasteiger partial charge in [0.2, 0.25) is 0 Å². The highest BCUT2D eigenvalue weighted by atomic mass is 35.5. The Balaban J connectivity index is 1.91. The fourth-order valence-electron chi connectivity index (χ4n) is 4.48. The van der Waals surface area contributed by atoms with Gasteiger partial charge in [0.25, 0.3) is 11.5 Å². The number of benzene rings is 3. The number of unbranched alkanes of at least 4 members (excludes halogenated alkanes) is 2. The first-order valence-corrected chi connectivity index (χ1v) is 13.1.